The second-order valence-electron chi connectivity index (χ2n) is 9.58. The largest absolute Gasteiger partial charge is 0.378 e. The van der Waals surface area contributed by atoms with Crippen LogP contribution in [-0.4, -0.2) is 58.4 Å². The van der Waals surface area contributed by atoms with Gasteiger partial charge in [0, 0.05) is 37.0 Å². The van der Waals surface area contributed by atoms with E-state index in [1.165, 1.54) is 44.2 Å². The van der Waals surface area contributed by atoms with Gasteiger partial charge < -0.3 is 15.0 Å². The molecule has 5 rings (SSSR count). The summed E-state index contributed by atoms with van der Waals surface area (Å²) in [5, 5.41) is 17.5. The number of halogens is 1. The van der Waals surface area contributed by atoms with Crippen LogP contribution in [0.3, 0.4) is 0 Å². The zero-order valence-corrected chi connectivity index (χ0v) is 23.7. The molecular formula is C29H36AsFN5O. The van der Waals surface area contributed by atoms with Gasteiger partial charge in [-0.05, 0) is 55.2 Å². The molecule has 2 aliphatic rings. The summed E-state index contributed by atoms with van der Waals surface area (Å²) in [6.45, 7) is 4.14. The van der Waals surface area contributed by atoms with Crippen molar-refractivity contribution in [3.8, 4) is 23.0 Å². The van der Waals surface area contributed by atoms with E-state index >= 15 is 0 Å². The van der Waals surface area contributed by atoms with Gasteiger partial charge in [-0.25, -0.2) is 9.07 Å². The first-order valence-electron chi connectivity index (χ1n) is 13.1. The fourth-order valence-corrected chi connectivity index (χ4v) is 4.90. The predicted molar refractivity (Wildman–Crippen MR) is 149 cm³/mol. The Bertz CT molecular complexity index is 1180. The molecule has 1 saturated carbocycles. The van der Waals surface area contributed by atoms with Crippen molar-refractivity contribution >= 4 is 27.3 Å². The van der Waals surface area contributed by atoms with Gasteiger partial charge in [0.05, 0.1) is 30.2 Å². The van der Waals surface area contributed by atoms with Gasteiger partial charge in [0.25, 0.3) is 0 Å². The molecule has 1 N–H and O–H groups in total. The molecule has 2 heterocycles. The van der Waals surface area contributed by atoms with E-state index in [1.54, 1.807) is 6.07 Å². The van der Waals surface area contributed by atoms with E-state index in [0.717, 1.165) is 55.7 Å². The van der Waals surface area contributed by atoms with Crippen LogP contribution < -0.4 is 10.2 Å². The molecule has 3 aromatic rings. The minimum Gasteiger partial charge on any atom is -0.378 e. The van der Waals surface area contributed by atoms with Crippen molar-refractivity contribution in [3.63, 3.8) is 0 Å². The standard InChI is InChI=1S/C27H30FN5O.C2H6As/c28-25-16-21(6-7-22(25)18-29)26-17-27(30-19-20-4-2-1-3-5-20)31-33(26)24-10-8-23(9-11-24)32-12-14-34-15-13-32;1-3-2/h6-11,16-17,20H,1-5,12-15,19H2,(H,30,31);1-2H3. The van der Waals surface area contributed by atoms with E-state index in [4.69, 9.17) is 15.1 Å². The van der Waals surface area contributed by atoms with E-state index in [-0.39, 0.29) is 5.56 Å². The number of rotatable bonds is 6. The average molecular weight is 565 g/mol. The fourth-order valence-electron chi connectivity index (χ4n) is 4.90. The zero-order chi connectivity index (χ0) is 26.0. The first-order chi connectivity index (χ1) is 18.1. The van der Waals surface area contributed by atoms with Gasteiger partial charge in [-0.15, -0.1) is 5.10 Å². The van der Waals surface area contributed by atoms with Crippen LogP contribution in [-0.2, 0) is 4.74 Å². The topological polar surface area (TPSA) is 66.1 Å². The molecule has 1 saturated heterocycles. The van der Waals surface area contributed by atoms with Crippen molar-refractivity contribution in [2.24, 2.45) is 5.92 Å². The van der Waals surface area contributed by atoms with Crippen molar-refractivity contribution in [2.45, 2.75) is 43.5 Å². The number of ether oxygens (including phenoxy) is 1. The Morgan fingerprint density at radius 3 is 2.35 bits per heavy atom. The van der Waals surface area contributed by atoms with Gasteiger partial charge in [-0.1, -0.05) is 25.3 Å². The predicted octanol–water partition coefficient (Wildman–Crippen LogP) is 6.17. The third kappa shape index (κ3) is 7.15. The Balaban J connectivity index is 0.00000102. The number of nitrogens with one attached hydrogen (secondary N) is 1. The maximum Gasteiger partial charge on any atom is 0.149 e. The number of anilines is 2. The van der Waals surface area contributed by atoms with Crippen LogP contribution in [0.1, 0.15) is 37.7 Å². The molecule has 1 aliphatic heterocycles. The first-order valence-corrected chi connectivity index (χ1v) is 16.8. The Labute approximate surface area is 226 Å². The van der Waals surface area contributed by atoms with Gasteiger partial charge in [0.1, 0.15) is 17.7 Å². The fraction of sp³-hybridized carbons (Fsp3) is 0.448. The zero-order valence-electron chi connectivity index (χ0n) is 21.8. The molecule has 0 bridgehead atoms. The third-order valence-electron chi connectivity index (χ3n) is 6.86. The van der Waals surface area contributed by atoms with Crippen LogP contribution in [0.15, 0.2) is 48.5 Å². The quantitative estimate of drug-likeness (QED) is 0.363. The molecule has 2 aromatic carbocycles. The minimum atomic E-state index is -0.521. The van der Waals surface area contributed by atoms with E-state index in [9.17, 15) is 4.39 Å². The van der Waals surface area contributed by atoms with Crippen molar-refractivity contribution in [1.82, 2.24) is 9.78 Å². The maximum absolute atomic E-state index is 14.4. The average Bonchev–Trinajstić information content (AvgIpc) is 3.38. The molecule has 6 nitrogen and oxygen atoms in total. The molecule has 0 atom stereocenters. The summed E-state index contributed by atoms with van der Waals surface area (Å²) >= 11 is 0.688. The molecule has 8 heteroatoms. The second-order valence-corrected chi connectivity index (χ2v) is 11.5. The molecule has 37 heavy (non-hydrogen) atoms. The van der Waals surface area contributed by atoms with Crippen LogP contribution in [0.2, 0.25) is 11.4 Å². The Hall–Kier alpha value is -2.81. The monoisotopic (exact) mass is 564 g/mol. The van der Waals surface area contributed by atoms with Gasteiger partial charge in [0.15, 0.2) is 0 Å². The summed E-state index contributed by atoms with van der Waals surface area (Å²) in [5.74, 6) is 0.928. The first kappa shape index (κ1) is 27.2. The number of benzene rings is 2. The molecule has 195 valence electrons. The molecule has 1 radical (unpaired) electrons. The van der Waals surface area contributed by atoms with Crippen LogP contribution in [0.25, 0.3) is 16.9 Å². The number of hydrogen-bond donors (Lipinski definition) is 1. The third-order valence-corrected chi connectivity index (χ3v) is 6.86. The molecule has 0 spiro atoms. The molecule has 0 unspecified atom stereocenters. The van der Waals surface area contributed by atoms with Crippen molar-refractivity contribution < 1.29 is 9.13 Å². The summed E-state index contributed by atoms with van der Waals surface area (Å²) < 4.78 is 21.8. The number of morpholine rings is 1. The van der Waals surface area contributed by atoms with E-state index in [2.05, 4.69) is 33.8 Å². The number of nitriles is 1. The van der Waals surface area contributed by atoms with Gasteiger partial charge >= 0.3 is 27.2 Å². The molecule has 0 amide bonds. The second kappa shape index (κ2) is 13.7. The molecule has 1 aliphatic carbocycles. The van der Waals surface area contributed by atoms with Crippen LogP contribution in [0.4, 0.5) is 15.9 Å². The molecule has 1 aromatic heterocycles. The summed E-state index contributed by atoms with van der Waals surface area (Å²) in [4.78, 5) is 2.31. The minimum absolute atomic E-state index is 0.0420. The summed E-state index contributed by atoms with van der Waals surface area (Å²) in [7, 11) is 0. The summed E-state index contributed by atoms with van der Waals surface area (Å²) in [6, 6.07) is 16.9. The Morgan fingerprint density at radius 2 is 1.70 bits per heavy atom. The van der Waals surface area contributed by atoms with Gasteiger partial charge in [-0.2, -0.15) is 5.26 Å². The smallest absolute Gasteiger partial charge is 0.149 e. The van der Waals surface area contributed by atoms with Crippen LogP contribution in [0.5, 0.6) is 0 Å². The van der Waals surface area contributed by atoms with Gasteiger partial charge in [-0.3, -0.25) is 0 Å². The summed E-state index contributed by atoms with van der Waals surface area (Å²) in [5.41, 5.74) is 8.01. The number of nitrogens with zero attached hydrogens (tertiary/aromatic N) is 4. The molecular weight excluding hydrogens is 528 g/mol. The number of aromatic nitrogens is 2. The van der Waals surface area contributed by atoms with E-state index in [1.807, 2.05) is 29.0 Å². The van der Waals surface area contributed by atoms with Crippen LogP contribution in [0, 0.1) is 23.1 Å². The molecule has 2 fully saturated rings. The van der Waals surface area contributed by atoms with Crippen LogP contribution >= 0.6 is 0 Å². The van der Waals surface area contributed by atoms with E-state index in [0.29, 0.717) is 27.2 Å². The van der Waals surface area contributed by atoms with Gasteiger partial charge in [0.2, 0.25) is 0 Å². The Morgan fingerprint density at radius 1 is 1.03 bits per heavy atom. The summed E-state index contributed by atoms with van der Waals surface area (Å²) in [6.07, 6.45) is 6.44. The van der Waals surface area contributed by atoms with E-state index < -0.39 is 5.82 Å². The SMILES string of the molecule is C[As]C.N#Cc1ccc(-c2cc(NCC3CCCCC3)nn2-c2ccc(N3CCOCC3)cc2)cc1F. The number of hydrogen-bond acceptors (Lipinski definition) is 5. The Kier molecular flexibility index (Phi) is 10.0. The van der Waals surface area contributed by atoms with Crippen molar-refractivity contribution in [2.75, 3.05) is 43.1 Å². The normalized spacial score (nSPS) is 16.0. The van der Waals surface area contributed by atoms with Crippen molar-refractivity contribution in [1.29, 1.82) is 5.26 Å². The maximum atomic E-state index is 14.4. The van der Waals surface area contributed by atoms with Crippen molar-refractivity contribution in [3.05, 3.63) is 59.9 Å².